The number of carbonyl (C=O) groups excluding carboxylic acids is 1. The number of hydrogen-bond acceptors (Lipinski definition) is 3. The summed E-state index contributed by atoms with van der Waals surface area (Å²) in [4.78, 5) is 17.4. The second-order valence-corrected chi connectivity index (χ2v) is 7.82. The molecule has 0 bridgehead atoms. The van der Waals surface area contributed by atoms with E-state index in [-0.39, 0.29) is 5.91 Å². The molecule has 0 N–H and O–H groups in total. The van der Waals surface area contributed by atoms with Crippen LogP contribution in [-0.2, 0) is 4.79 Å². The highest BCUT2D eigenvalue weighted by atomic mass is 16.5. The largest absolute Gasteiger partial charge is 0.480 e. The Kier molecular flexibility index (Phi) is 6.28. The first-order chi connectivity index (χ1) is 13.4. The molecule has 0 spiro atoms. The van der Waals surface area contributed by atoms with Gasteiger partial charge in [-0.2, -0.15) is 0 Å². The summed E-state index contributed by atoms with van der Waals surface area (Å²) in [5, 5.41) is 0. The van der Waals surface area contributed by atoms with Crippen LogP contribution in [0.15, 0.2) is 36.4 Å². The Hall–Kier alpha value is -2.49. The summed E-state index contributed by atoms with van der Waals surface area (Å²) in [6, 6.07) is 12.6. The molecule has 1 atom stereocenters. The first kappa shape index (κ1) is 20.2. The minimum absolute atomic E-state index is 0.101. The molecule has 4 nitrogen and oxygen atoms in total. The molecule has 0 unspecified atom stereocenters. The van der Waals surface area contributed by atoms with Crippen LogP contribution in [0.4, 0.5) is 5.69 Å². The fourth-order valence-electron chi connectivity index (χ4n) is 3.75. The number of ether oxygens (including phenoxy) is 1. The third kappa shape index (κ3) is 4.32. The maximum atomic E-state index is 13.1. The summed E-state index contributed by atoms with van der Waals surface area (Å²) < 4.78 is 6.13. The van der Waals surface area contributed by atoms with Gasteiger partial charge in [-0.3, -0.25) is 4.79 Å². The lowest BCUT2D eigenvalue weighted by Gasteiger charge is -2.38. The Labute approximate surface area is 169 Å². The topological polar surface area (TPSA) is 32.8 Å². The van der Waals surface area contributed by atoms with E-state index in [9.17, 15) is 4.79 Å². The molecule has 150 valence electrons. The maximum absolute atomic E-state index is 13.1. The molecule has 1 amide bonds. The number of hydrogen-bond donors (Lipinski definition) is 0. The van der Waals surface area contributed by atoms with Crippen LogP contribution >= 0.6 is 0 Å². The summed E-state index contributed by atoms with van der Waals surface area (Å²) >= 11 is 0. The van der Waals surface area contributed by atoms with Crippen molar-refractivity contribution in [3.8, 4) is 5.75 Å². The second-order valence-electron chi connectivity index (χ2n) is 7.82. The van der Waals surface area contributed by atoms with Crippen LogP contribution in [-0.4, -0.2) is 43.1 Å². The van der Waals surface area contributed by atoms with Crippen molar-refractivity contribution in [3.63, 3.8) is 0 Å². The number of nitrogens with zero attached hydrogens (tertiary/aromatic N) is 2. The minimum atomic E-state index is -0.423. The lowest BCUT2D eigenvalue weighted by Crippen LogP contribution is -2.52. The van der Waals surface area contributed by atoms with Crippen LogP contribution in [0.1, 0.15) is 35.6 Å². The first-order valence-electron chi connectivity index (χ1n) is 10.2. The smallest absolute Gasteiger partial charge is 0.263 e. The van der Waals surface area contributed by atoms with Crippen LogP contribution in [0.2, 0.25) is 0 Å². The molecular weight excluding hydrogens is 348 g/mol. The standard InChI is InChI=1S/C24H32N2O2/c1-6-22(28-23-16-17(2)10-11-19(23)4)24(27)26-14-12-25(13-15-26)21-9-7-8-18(3)20(21)5/h7-11,16,22H,6,12-15H2,1-5H3/t22-/m0/s1. The summed E-state index contributed by atoms with van der Waals surface area (Å²) in [6.45, 7) is 13.6. The van der Waals surface area contributed by atoms with E-state index in [4.69, 9.17) is 4.74 Å². The summed E-state index contributed by atoms with van der Waals surface area (Å²) in [6.07, 6.45) is 0.247. The van der Waals surface area contributed by atoms with Gasteiger partial charge in [0.25, 0.3) is 5.91 Å². The van der Waals surface area contributed by atoms with E-state index >= 15 is 0 Å². The number of benzene rings is 2. The van der Waals surface area contributed by atoms with Gasteiger partial charge in [0.05, 0.1) is 0 Å². The molecular formula is C24H32N2O2. The van der Waals surface area contributed by atoms with E-state index in [1.807, 2.05) is 37.8 Å². The van der Waals surface area contributed by atoms with Gasteiger partial charge in [-0.15, -0.1) is 0 Å². The van der Waals surface area contributed by atoms with E-state index in [1.165, 1.54) is 16.8 Å². The fraction of sp³-hybridized carbons (Fsp3) is 0.458. The summed E-state index contributed by atoms with van der Waals surface area (Å²) in [5.41, 5.74) is 6.13. The molecule has 0 radical (unpaired) electrons. The van der Waals surface area contributed by atoms with Crippen molar-refractivity contribution in [2.45, 2.75) is 47.1 Å². The van der Waals surface area contributed by atoms with Crippen molar-refractivity contribution < 1.29 is 9.53 Å². The number of aryl methyl sites for hydroxylation is 3. The Balaban J connectivity index is 1.65. The predicted molar refractivity (Wildman–Crippen MR) is 115 cm³/mol. The van der Waals surface area contributed by atoms with Crippen LogP contribution in [0, 0.1) is 27.7 Å². The fourth-order valence-corrected chi connectivity index (χ4v) is 3.75. The average molecular weight is 381 g/mol. The lowest BCUT2D eigenvalue weighted by atomic mass is 10.1. The third-order valence-electron chi connectivity index (χ3n) is 5.77. The van der Waals surface area contributed by atoms with E-state index in [1.54, 1.807) is 0 Å². The molecule has 1 fully saturated rings. The Bertz CT molecular complexity index is 838. The normalized spacial score (nSPS) is 15.5. The number of anilines is 1. The Morgan fingerprint density at radius 2 is 1.71 bits per heavy atom. The summed E-state index contributed by atoms with van der Waals surface area (Å²) in [5.74, 6) is 0.915. The highest BCUT2D eigenvalue weighted by Crippen LogP contribution is 2.25. The molecule has 0 aromatic heterocycles. The van der Waals surface area contributed by atoms with Crippen molar-refractivity contribution in [2.75, 3.05) is 31.1 Å². The molecule has 0 aliphatic carbocycles. The lowest BCUT2D eigenvalue weighted by molar-refractivity contribution is -0.139. The quantitative estimate of drug-likeness (QED) is 0.769. The van der Waals surface area contributed by atoms with E-state index < -0.39 is 6.10 Å². The predicted octanol–water partition coefficient (Wildman–Crippen LogP) is 4.43. The number of amides is 1. The Morgan fingerprint density at radius 3 is 2.39 bits per heavy atom. The van der Waals surface area contributed by atoms with Crippen molar-refractivity contribution in [1.82, 2.24) is 4.90 Å². The van der Waals surface area contributed by atoms with Gasteiger partial charge in [0.1, 0.15) is 5.75 Å². The van der Waals surface area contributed by atoms with Crippen LogP contribution in [0.3, 0.4) is 0 Å². The second kappa shape index (κ2) is 8.68. The molecule has 2 aromatic rings. The Morgan fingerprint density at radius 1 is 1.00 bits per heavy atom. The van der Waals surface area contributed by atoms with Crippen LogP contribution in [0.5, 0.6) is 5.75 Å². The third-order valence-corrected chi connectivity index (χ3v) is 5.77. The van der Waals surface area contributed by atoms with Gasteiger partial charge < -0.3 is 14.5 Å². The van der Waals surface area contributed by atoms with E-state index in [0.717, 1.165) is 43.1 Å². The van der Waals surface area contributed by atoms with Crippen LogP contribution in [0.25, 0.3) is 0 Å². The highest BCUT2D eigenvalue weighted by molar-refractivity contribution is 5.81. The number of carbonyl (C=O) groups is 1. The van der Waals surface area contributed by atoms with Gasteiger partial charge in [0.2, 0.25) is 0 Å². The SMILES string of the molecule is CC[C@H](Oc1cc(C)ccc1C)C(=O)N1CCN(c2cccc(C)c2C)CC1. The van der Waals surface area contributed by atoms with Crippen molar-refractivity contribution in [2.24, 2.45) is 0 Å². The molecule has 1 saturated heterocycles. The first-order valence-corrected chi connectivity index (χ1v) is 10.2. The molecule has 0 saturated carbocycles. The maximum Gasteiger partial charge on any atom is 0.263 e. The number of rotatable bonds is 5. The molecule has 1 aliphatic heterocycles. The molecule has 2 aromatic carbocycles. The number of piperazine rings is 1. The molecule has 28 heavy (non-hydrogen) atoms. The molecule has 4 heteroatoms. The monoisotopic (exact) mass is 380 g/mol. The van der Waals surface area contributed by atoms with E-state index in [2.05, 4.69) is 43.0 Å². The summed E-state index contributed by atoms with van der Waals surface area (Å²) in [7, 11) is 0. The molecule has 1 aliphatic rings. The van der Waals surface area contributed by atoms with Gasteiger partial charge in [0.15, 0.2) is 6.10 Å². The van der Waals surface area contributed by atoms with Gasteiger partial charge >= 0.3 is 0 Å². The van der Waals surface area contributed by atoms with Gasteiger partial charge in [-0.25, -0.2) is 0 Å². The highest BCUT2D eigenvalue weighted by Gasteiger charge is 2.28. The van der Waals surface area contributed by atoms with Crippen molar-refractivity contribution >= 4 is 11.6 Å². The molecule has 1 heterocycles. The zero-order valence-electron chi connectivity index (χ0n) is 17.8. The minimum Gasteiger partial charge on any atom is -0.480 e. The van der Waals surface area contributed by atoms with Crippen molar-refractivity contribution in [3.05, 3.63) is 58.7 Å². The zero-order valence-corrected chi connectivity index (χ0v) is 17.8. The van der Waals surface area contributed by atoms with E-state index in [0.29, 0.717) is 6.42 Å². The van der Waals surface area contributed by atoms with Crippen molar-refractivity contribution in [1.29, 1.82) is 0 Å². The van der Waals surface area contributed by atoms with Gasteiger partial charge in [0, 0.05) is 31.9 Å². The van der Waals surface area contributed by atoms with Gasteiger partial charge in [-0.1, -0.05) is 31.2 Å². The van der Waals surface area contributed by atoms with Gasteiger partial charge in [-0.05, 0) is 68.5 Å². The van der Waals surface area contributed by atoms with Crippen LogP contribution < -0.4 is 9.64 Å². The average Bonchev–Trinajstić information content (AvgIpc) is 2.70. The zero-order chi connectivity index (χ0) is 20.3. The molecule has 3 rings (SSSR count).